The maximum absolute atomic E-state index is 5.94. The summed E-state index contributed by atoms with van der Waals surface area (Å²) in [4.78, 5) is 0. The number of benzene rings is 1. The van der Waals surface area contributed by atoms with Crippen LogP contribution in [0.4, 0.5) is 0 Å². The van der Waals surface area contributed by atoms with Gasteiger partial charge in [0.1, 0.15) is 5.75 Å². The van der Waals surface area contributed by atoms with E-state index in [9.17, 15) is 0 Å². The van der Waals surface area contributed by atoms with Gasteiger partial charge in [0, 0.05) is 0 Å². The minimum atomic E-state index is 0.490. The number of ether oxygens (including phenoxy) is 2. The summed E-state index contributed by atoms with van der Waals surface area (Å²) in [5.41, 5.74) is 1.01. The van der Waals surface area contributed by atoms with Gasteiger partial charge in [-0.3, -0.25) is 0 Å². The fraction of sp³-hybridized carbons (Fsp3) is 0.182. The third-order valence-corrected chi connectivity index (χ3v) is 2.00. The number of rotatable bonds is 4. The van der Waals surface area contributed by atoms with E-state index in [-0.39, 0.29) is 0 Å². The molecule has 3 heteroatoms. The first kappa shape index (κ1) is 11.1. The van der Waals surface area contributed by atoms with Gasteiger partial charge in [-0.05, 0) is 17.7 Å². The zero-order valence-electron chi connectivity index (χ0n) is 8.00. The summed E-state index contributed by atoms with van der Waals surface area (Å²) >= 11 is 5.94. The Kier molecular flexibility index (Phi) is 4.50. The van der Waals surface area contributed by atoms with Gasteiger partial charge in [-0.2, -0.15) is 0 Å². The van der Waals surface area contributed by atoms with Crippen LogP contribution in [0, 0.1) is 7.11 Å². The van der Waals surface area contributed by atoms with E-state index >= 15 is 0 Å². The average molecular weight is 212 g/mol. The Balaban J connectivity index is 2.76. The highest BCUT2D eigenvalue weighted by Gasteiger charge is 1.98. The van der Waals surface area contributed by atoms with Crippen molar-refractivity contribution in [2.75, 3.05) is 13.7 Å². The first-order valence-corrected chi connectivity index (χ1v) is 4.52. The smallest absolute Gasteiger partial charge is 0.137 e. The Morgan fingerprint density at radius 3 is 2.86 bits per heavy atom. The van der Waals surface area contributed by atoms with Crippen molar-refractivity contribution in [1.82, 2.24) is 0 Å². The summed E-state index contributed by atoms with van der Waals surface area (Å²) in [6, 6.07) is 5.58. The molecule has 0 spiro atoms. The van der Waals surface area contributed by atoms with Crippen LogP contribution in [0.1, 0.15) is 5.56 Å². The molecule has 2 nitrogen and oxygen atoms in total. The molecule has 0 aromatic heterocycles. The Morgan fingerprint density at radius 1 is 1.50 bits per heavy atom. The molecule has 0 bridgehead atoms. The molecular weight excluding hydrogens is 200 g/mol. The summed E-state index contributed by atoms with van der Waals surface area (Å²) in [6.07, 6.45) is 3.78. The van der Waals surface area contributed by atoms with Crippen molar-refractivity contribution < 1.29 is 9.47 Å². The predicted molar refractivity (Wildman–Crippen MR) is 58.3 cm³/mol. The van der Waals surface area contributed by atoms with Crippen LogP contribution in [-0.2, 0) is 4.74 Å². The quantitative estimate of drug-likeness (QED) is 0.762. The topological polar surface area (TPSA) is 18.5 Å². The van der Waals surface area contributed by atoms with Gasteiger partial charge in [0.15, 0.2) is 0 Å². The van der Waals surface area contributed by atoms with Crippen molar-refractivity contribution in [3.05, 3.63) is 42.0 Å². The van der Waals surface area contributed by atoms with E-state index in [1.54, 1.807) is 7.11 Å². The number of hydrogen-bond donors (Lipinski definition) is 0. The van der Waals surface area contributed by atoms with Crippen molar-refractivity contribution in [1.29, 1.82) is 0 Å². The third-order valence-electron chi connectivity index (χ3n) is 1.70. The summed E-state index contributed by atoms with van der Waals surface area (Å²) in [7, 11) is 4.86. The zero-order chi connectivity index (χ0) is 10.4. The maximum Gasteiger partial charge on any atom is 0.137 e. The maximum atomic E-state index is 5.94. The van der Waals surface area contributed by atoms with Crippen LogP contribution in [0.25, 0.3) is 6.08 Å². The molecule has 0 saturated heterocycles. The summed E-state index contributed by atoms with van der Waals surface area (Å²) in [6.45, 7) is 0.490. The SMILES string of the molecule is [CH2]OCC=Cc1ccc(OC)c(Cl)c1. The van der Waals surface area contributed by atoms with E-state index in [0.29, 0.717) is 17.4 Å². The van der Waals surface area contributed by atoms with E-state index < -0.39 is 0 Å². The van der Waals surface area contributed by atoms with E-state index in [1.165, 1.54) is 0 Å². The van der Waals surface area contributed by atoms with Gasteiger partial charge in [-0.15, -0.1) is 0 Å². The molecule has 1 aromatic rings. The lowest BCUT2D eigenvalue weighted by Gasteiger charge is -2.02. The molecular formula is C11H12ClO2. The molecule has 14 heavy (non-hydrogen) atoms. The van der Waals surface area contributed by atoms with Crippen molar-refractivity contribution in [2.45, 2.75) is 0 Å². The highest BCUT2D eigenvalue weighted by molar-refractivity contribution is 6.32. The van der Waals surface area contributed by atoms with Crippen LogP contribution >= 0.6 is 11.6 Å². The van der Waals surface area contributed by atoms with Crippen LogP contribution in [0.15, 0.2) is 24.3 Å². The van der Waals surface area contributed by atoms with Crippen molar-refractivity contribution in [3.8, 4) is 5.75 Å². The van der Waals surface area contributed by atoms with Gasteiger partial charge in [0.25, 0.3) is 0 Å². The molecule has 1 rings (SSSR count). The molecule has 0 unspecified atom stereocenters. The Morgan fingerprint density at radius 2 is 2.29 bits per heavy atom. The van der Waals surface area contributed by atoms with Crippen molar-refractivity contribution >= 4 is 17.7 Å². The van der Waals surface area contributed by atoms with Crippen LogP contribution < -0.4 is 4.74 Å². The van der Waals surface area contributed by atoms with Crippen molar-refractivity contribution in [2.24, 2.45) is 0 Å². The number of hydrogen-bond acceptors (Lipinski definition) is 2. The van der Waals surface area contributed by atoms with Gasteiger partial charge in [-0.1, -0.05) is 29.8 Å². The first-order chi connectivity index (χ1) is 6.77. The van der Waals surface area contributed by atoms with Gasteiger partial charge in [-0.25, -0.2) is 0 Å². The summed E-state index contributed by atoms with van der Waals surface area (Å²) in [5.74, 6) is 0.678. The average Bonchev–Trinajstić information content (AvgIpc) is 2.18. The Bertz CT molecular complexity index is 321. The zero-order valence-corrected chi connectivity index (χ0v) is 8.75. The van der Waals surface area contributed by atoms with Gasteiger partial charge >= 0.3 is 0 Å². The van der Waals surface area contributed by atoms with Crippen LogP contribution in [0.3, 0.4) is 0 Å². The molecule has 75 valence electrons. The number of halogens is 1. The molecule has 0 amide bonds. The minimum Gasteiger partial charge on any atom is -0.495 e. The Hall–Kier alpha value is -0.990. The fourth-order valence-electron chi connectivity index (χ4n) is 1.04. The molecule has 1 aromatic carbocycles. The monoisotopic (exact) mass is 211 g/mol. The van der Waals surface area contributed by atoms with Crippen LogP contribution in [-0.4, -0.2) is 13.7 Å². The second-order valence-electron chi connectivity index (χ2n) is 2.67. The third kappa shape index (κ3) is 3.05. The minimum absolute atomic E-state index is 0.490. The van der Waals surface area contributed by atoms with Gasteiger partial charge in [0.05, 0.1) is 25.8 Å². The van der Waals surface area contributed by atoms with Crippen LogP contribution in [0.2, 0.25) is 5.02 Å². The lowest BCUT2D eigenvalue weighted by atomic mass is 10.2. The van der Waals surface area contributed by atoms with Crippen LogP contribution in [0.5, 0.6) is 5.75 Å². The highest BCUT2D eigenvalue weighted by atomic mass is 35.5. The molecule has 0 heterocycles. The molecule has 0 N–H and O–H groups in total. The van der Waals surface area contributed by atoms with Gasteiger partial charge < -0.3 is 9.47 Å². The van der Waals surface area contributed by atoms with Gasteiger partial charge in [0.2, 0.25) is 0 Å². The summed E-state index contributed by atoms with van der Waals surface area (Å²) < 4.78 is 9.68. The Labute approximate surface area is 89.1 Å². The largest absolute Gasteiger partial charge is 0.495 e. The second kappa shape index (κ2) is 5.68. The summed E-state index contributed by atoms with van der Waals surface area (Å²) in [5, 5.41) is 0.602. The molecule has 0 aliphatic heterocycles. The first-order valence-electron chi connectivity index (χ1n) is 4.15. The standard InChI is InChI=1S/C11H12ClO2/c1-13-7-3-4-9-5-6-11(14-2)10(12)8-9/h3-6,8H,1,7H2,2H3. The van der Waals surface area contributed by atoms with E-state index in [4.69, 9.17) is 16.3 Å². The normalized spacial score (nSPS) is 10.8. The lowest BCUT2D eigenvalue weighted by molar-refractivity contribution is 0.282. The molecule has 0 aliphatic carbocycles. The molecule has 0 aliphatic rings. The molecule has 0 atom stereocenters. The molecule has 0 fully saturated rings. The molecule has 1 radical (unpaired) electrons. The number of methoxy groups -OCH3 is 1. The van der Waals surface area contributed by atoms with Crippen molar-refractivity contribution in [3.63, 3.8) is 0 Å². The van der Waals surface area contributed by atoms with E-state index in [1.807, 2.05) is 30.4 Å². The fourth-order valence-corrected chi connectivity index (χ4v) is 1.30. The second-order valence-corrected chi connectivity index (χ2v) is 3.07. The lowest BCUT2D eigenvalue weighted by Crippen LogP contribution is -1.84. The van der Waals surface area contributed by atoms with E-state index in [0.717, 1.165) is 5.56 Å². The molecule has 0 saturated carbocycles. The predicted octanol–water partition coefficient (Wildman–Crippen LogP) is 3.17. The van der Waals surface area contributed by atoms with E-state index in [2.05, 4.69) is 11.8 Å². The highest BCUT2D eigenvalue weighted by Crippen LogP contribution is 2.25.